The lowest BCUT2D eigenvalue weighted by Crippen LogP contribution is -2.27. The summed E-state index contributed by atoms with van der Waals surface area (Å²) in [5, 5.41) is 2.60. The zero-order chi connectivity index (χ0) is 22.7. The minimum absolute atomic E-state index is 0.0980. The predicted octanol–water partition coefficient (Wildman–Crippen LogP) is 3.78. The van der Waals surface area contributed by atoms with Crippen LogP contribution in [0.3, 0.4) is 0 Å². The number of rotatable bonds is 7. The van der Waals surface area contributed by atoms with Crippen molar-refractivity contribution in [2.75, 3.05) is 11.9 Å². The van der Waals surface area contributed by atoms with Crippen molar-refractivity contribution in [3.63, 3.8) is 0 Å². The number of carbonyl (C=O) groups is 1. The second-order valence-corrected chi connectivity index (χ2v) is 8.95. The number of hydrogen-bond acceptors (Lipinski definition) is 4. The fourth-order valence-electron chi connectivity index (χ4n) is 3.42. The van der Waals surface area contributed by atoms with Gasteiger partial charge in [0.05, 0.1) is 15.9 Å². The number of fused-ring (bicyclic) bond motifs is 1. The molecule has 1 aromatic heterocycles. The summed E-state index contributed by atoms with van der Waals surface area (Å²) in [5.41, 5.74) is 2.87. The van der Waals surface area contributed by atoms with Crippen LogP contribution in [0.25, 0.3) is 22.4 Å². The van der Waals surface area contributed by atoms with Crippen molar-refractivity contribution in [1.29, 1.82) is 0 Å². The molecule has 0 bridgehead atoms. The molecule has 1 amide bonds. The summed E-state index contributed by atoms with van der Waals surface area (Å²) in [5.74, 6) is 0.0574. The Morgan fingerprint density at radius 3 is 2.38 bits per heavy atom. The van der Waals surface area contributed by atoms with Crippen molar-refractivity contribution in [2.45, 2.75) is 18.4 Å². The number of anilines is 1. The Kier molecular flexibility index (Phi) is 6.02. The van der Waals surface area contributed by atoms with Gasteiger partial charge in [-0.05, 0) is 60.7 Å². The molecule has 164 valence electrons. The van der Waals surface area contributed by atoms with Gasteiger partial charge in [-0.15, -0.1) is 0 Å². The van der Waals surface area contributed by atoms with Gasteiger partial charge in [0.15, 0.2) is 0 Å². The zero-order valence-electron chi connectivity index (χ0n) is 17.2. The van der Waals surface area contributed by atoms with E-state index in [0.717, 1.165) is 16.6 Å². The maximum Gasteiger partial charge on any atom is 0.240 e. The van der Waals surface area contributed by atoms with E-state index in [1.54, 1.807) is 12.1 Å². The summed E-state index contributed by atoms with van der Waals surface area (Å²) in [4.78, 5) is 15.9. The third-order valence-electron chi connectivity index (χ3n) is 4.87. The van der Waals surface area contributed by atoms with Gasteiger partial charge >= 0.3 is 0 Å². The van der Waals surface area contributed by atoms with Gasteiger partial charge in [0.2, 0.25) is 15.9 Å². The smallest absolute Gasteiger partial charge is 0.240 e. The number of para-hydroxylation sites is 2. The molecular formula is C23H21FN4O3S. The monoisotopic (exact) mass is 452 g/mol. The van der Waals surface area contributed by atoms with Crippen LogP contribution in [-0.2, 0) is 21.4 Å². The van der Waals surface area contributed by atoms with Crippen molar-refractivity contribution in [2.24, 2.45) is 0 Å². The molecule has 0 aliphatic heterocycles. The largest absolute Gasteiger partial charge is 0.326 e. The summed E-state index contributed by atoms with van der Waals surface area (Å²) in [6.45, 7) is 1.84. The molecule has 4 aromatic rings. The Morgan fingerprint density at radius 1 is 1.00 bits per heavy atom. The molecule has 1 heterocycles. The van der Waals surface area contributed by atoms with Crippen LogP contribution in [0.5, 0.6) is 0 Å². The van der Waals surface area contributed by atoms with Crippen LogP contribution in [0.4, 0.5) is 10.1 Å². The topological polar surface area (TPSA) is 93.1 Å². The summed E-state index contributed by atoms with van der Waals surface area (Å²) >= 11 is 0. The van der Waals surface area contributed by atoms with Crippen LogP contribution < -0.4 is 10.0 Å². The van der Waals surface area contributed by atoms with E-state index >= 15 is 0 Å². The van der Waals surface area contributed by atoms with Crippen molar-refractivity contribution in [1.82, 2.24) is 14.3 Å². The van der Waals surface area contributed by atoms with Gasteiger partial charge < -0.3 is 9.88 Å². The Morgan fingerprint density at radius 2 is 1.69 bits per heavy atom. The van der Waals surface area contributed by atoms with E-state index in [1.807, 2.05) is 28.8 Å². The molecule has 0 spiro atoms. The fraction of sp³-hybridized carbons (Fsp3) is 0.130. The highest BCUT2D eigenvalue weighted by atomic mass is 32.2. The molecule has 0 aliphatic rings. The van der Waals surface area contributed by atoms with E-state index in [-0.39, 0.29) is 23.2 Å². The molecule has 0 atom stereocenters. The number of amides is 1. The van der Waals surface area contributed by atoms with Crippen LogP contribution in [0.1, 0.15) is 6.92 Å². The molecular weight excluding hydrogens is 431 g/mol. The molecule has 0 fully saturated rings. The van der Waals surface area contributed by atoms with E-state index in [0.29, 0.717) is 18.1 Å². The zero-order valence-corrected chi connectivity index (χ0v) is 18.1. The van der Waals surface area contributed by atoms with Gasteiger partial charge in [-0.2, -0.15) is 0 Å². The lowest BCUT2D eigenvalue weighted by atomic mass is 10.2. The number of aromatic nitrogens is 2. The number of imidazole rings is 1. The summed E-state index contributed by atoms with van der Waals surface area (Å²) < 4.78 is 43.2. The van der Waals surface area contributed by atoms with E-state index < -0.39 is 10.0 Å². The number of benzene rings is 3. The molecule has 7 nitrogen and oxygen atoms in total. The van der Waals surface area contributed by atoms with Gasteiger partial charge in [-0.25, -0.2) is 22.5 Å². The average molecular weight is 453 g/mol. The van der Waals surface area contributed by atoms with Crippen LogP contribution in [0.2, 0.25) is 0 Å². The van der Waals surface area contributed by atoms with Gasteiger partial charge in [0.1, 0.15) is 11.6 Å². The first-order valence-electron chi connectivity index (χ1n) is 9.92. The Hall–Kier alpha value is -3.56. The molecule has 3 aromatic carbocycles. The highest BCUT2D eigenvalue weighted by Crippen LogP contribution is 2.25. The van der Waals surface area contributed by atoms with Gasteiger partial charge in [0.25, 0.3) is 0 Å². The van der Waals surface area contributed by atoms with E-state index in [9.17, 15) is 17.6 Å². The number of nitrogens with one attached hydrogen (secondary N) is 2. The third kappa shape index (κ3) is 4.68. The number of nitrogens with zero attached hydrogens (tertiary/aromatic N) is 2. The summed E-state index contributed by atoms with van der Waals surface area (Å²) in [7, 11) is -3.74. The van der Waals surface area contributed by atoms with Crippen LogP contribution in [0, 0.1) is 5.82 Å². The van der Waals surface area contributed by atoms with Crippen molar-refractivity contribution in [3.8, 4) is 11.4 Å². The number of hydrogen-bond donors (Lipinski definition) is 2. The van der Waals surface area contributed by atoms with E-state index in [4.69, 9.17) is 0 Å². The Labute approximate surface area is 185 Å². The van der Waals surface area contributed by atoms with E-state index in [2.05, 4.69) is 15.0 Å². The molecule has 0 unspecified atom stereocenters. The first-order valence-corrected chi connectivity index (χ1v) is 11.4. The summed E-state index contributed by atoms with van der Waals surface area (Å²) in [6, 6.07) is 19.5. The average Bonchev–Trinajstić information content (AvgIpc) is 3.13. The Balaban J connectivity index is 1.54. The molecule has 0 saturated carbocycles. The van der Waals surface area contributed by atoms with E-state index in [1.165, 1.54) is 43.3 Å². The predicted molar refractivity (Wildman–Crippen MR) is 121 cm³/mol. The number of halogens is 1. The highest BCUT2D eigenvalue weighted by molar-refractivity contribution is 7.89. The first kappa shape index (κ1) is 21.7. The standard InChI is InChI=1S/C23H21FN4O3S/c1-16(29)26-19-10-12-20(13-11-19)32(30,31)25-14-15-28-22-5-3-2-4-21(22)27-23(28)17-6-8-18(24)9-7-17/h2-13,25H,14-15H2,1H3,(H,26,29). The van der Waals surface area contributed by atoms with Crippen molar-refractivity contribution >= 4 is 32.7 Å². The van der Waals surface area contributed by atoms with Crippen molar-refractivity contribution < 1.29 is 17.6 Å². The Bertz CT molecular complexity index is 1360. The van der Waals surface area contributed by atoms with Gasteiger partial charge in [0, 0.05) is 31.3 Å². The van der Waals surface area contributed by atoms with Gasteiger partial charge in [-0.3, -0.25) is 4.79 Å². The lowest BCUT2D eigenvalue weighted by molar-refractivity contribution is -0.114. The normalized spacial score (nSPS) is 11.6. The van der Waals surface area contributed by atoms with Crippen LogP contribution in [-0.4, -0.2) is 30.4 Å². The molecule has 2 N–H and O–H groups in total. The second-order valence-electron chi connectivity index (χ2n) is 7.19. The number of sulfonamides is 1. The maximum atomic E-state index is 13.4. The molecule has 0 aliphatic carbocycles. The minimum Gasteiger partial charge on any atom is -0.326 e. The van der Waals surface area contributed by atoms with Crippen LogP contribution >= 0.6 is 0 Å². The highest BCUT2D eigenvalue weighted by Gasteiger charge is 2.16. The first-order chi connectivity index (χ1) is 15.3. The molecule has 32 heavy (non-hydrogen) atoms. The molecule has 0 saturated heterocycles. The molecule has 9 heteroatoms. The third-order valence-corrected chi connectivity index (χ3v) is 6.35. The fourth-order valence-corrected chi connectivity index (χ4v) is 4.44. The SMILES string of the molecule is CC(=O)Nc1ccc(S(=O)(=O)NCCn2c(-c3ccc(F)cc3)nc3ccccc32)cc1. The molecule has 4 rings (SSSR count). The van der Waals surface area contributed by atoms with Crippen LogP contribution in [0.15, 0.2) is 77.7 Å². The minimum atomic E-state index is -3.74. The molecule has 0 radical (unpaired) electrons. The maximum absolute atomic E-state index is 13.4. The number of carbonyl (C=O) groups excluding carboxylic acids is 1. The van der Waals surface area contributed by atoms with Crippen molar-refractivity contribution in [3.05, 3.63) is 78.6 Å². The summed E-state index contributed by atoms with van der Waals surface area (Å²) in [6.07, 6.45) is 0. The quantitative estimate of drug-likeness (QED) is 0.446. The van der Waals surface area contributed by atoms with Gasteiger partial charge in [-0.1, -0.05) is 12.1 Å². The second kappa shape index (κ2) is 8.89. The lowest BCUT2D eigenvalue weighted by Gasteiger charge is -2.11.